The molecule has 0 spiro atoms. The van der Waals surface area contributed by atoms with E-state index >= 15 is 0 Å². The monoisotopic (exact) mass is 386 g/mol. The summed E-state index contributed by atoms with van der Waals surface area (Å²) in [6.45, 7) is 0. The van der Waals surface area contributed by atoms with Gasteiger partial charge in [0.25, 0.3) is 0 Å². The zero-order chi connectivity index (χ0) is 20.3. The smallest absolute Gasteiger partial charge is 0.242 e. The Morgan fingerprint density at radius 2 is 1.45 bits per heavy atom. The fourth-order valence-corrected chi connectivity index (χ4v) is 3.27. The number of nitrogens with one attached hydrogen (secondary N) is 1. The maximum atomic E-state index is 13.1. The Balaban J connectivity index is 1.52. The van der Waals surface area contributed by atoms with Gasteiger partial charge in [-0.05, 0) is 49.2 Å². The number of rotatable bonds is 6. The zero-order valence-electron chi connectivity index (χ0n) is 16.2. The first-order valence-corrected chi connectivity index (χ1v) is 9.57. The summed E-state index contributed by atoms with van der Waals surface area (Å²) in [5.41, 5.74) is 0.289. The molecule has 0 aromatic heterocycles. The van der Waals surface area contributed by atoms with Crippen molar-refractivity contribution >= 4 is 23.2 Å². The van der Waals surface area contributed by atoms with Crippen LogP contribution in [0.15, 0.2) is 84.9 Å². The van der Waals surface area contributed by atoms with E-state index in [1.165, 1.54) is 0 Å². The van der Waals surface area contributed by atoms with Crippen LogP contribution in [0.3, 0.4) is 0 Å². The van der Waals surface area contributed by atoms with Gasteiger partial charge in [0, 0.05) is 12.7 Å². The minimum Gasteiger partial charge on any atom is -0.455 e. The normalized spacial score (nSPS) is 14.0. The van der Waals surface area contributed by atoms with Gasteiger partial charge in [-0.1, -0.05) is 48.5 Å². The van der Waals surface area contributed by atoms with Gasteiger partial charge in [-0.25, -0.2) is 0 Å². The number of ether oxygens (including phenoxy) is 1. The van der Waals surface area contributed by atoms with Gasteiger partial charge < -0.3 is 15.0 Å². The fraction of sp³-hybridized carbons (Fsp3) is 0.167. The Morgan fingerprint density at radius 1 is 0.862 bits per heavy atom. The Hall–Kier alpha value is -3.60. The quantitative estimate of drug-likeness (QED) is 0.616. The molecule has 4 rings (SSSR count). The first kappa shape index (κ1) is 18.7. The molecular formula is C24H22N2O3. The standard InChI is InChI=1S/C24H22N2O3/c1-26(18-10-4-2-5-11-18)23(28)24(16-17-24)22(27)25-20-14-8-9-15-21(20)29-19-12-6-3-7-13-19/h2-15H,16-17H2,1H3,(H,25,27). The SMILES string of the molecule is CN(C(=O)C1(C(=O)Nc2ccccc2Oc2ccccc2)CC1)c1ccccc1. The number of amides is 2. The van der Waals surface area contributed by atoms with E-state index in [-0.39, 0.29) is 11.8 Å². The van der Waals surface area contributed by atoms with Crippen LogP contribution in [-0.2, 0) is 9.59 Å². The van der Waals surface area contributed by atoms with Crippen LogP contribution < -0.4 is 15.0 Å². The Labute approximate surface area is 169 Å². The molecule has 2 amide bonds. The van der Waals surface area contributed by atoms with Gasteiger partial charge in [0.05, 0.1) is 5.69 Å². The molecule has 0 saturated heterocycles. The summed E-state index contributed by atoms with van der Waals surface area (Å²) < 4.78 is 5.91. The van der Waals surface area contributed by atoms with E-state index in [1.54, 1.807) is 24.1 Å². The molecule has 29 heavy (non-hydrogen) atoms. The number of nitrogens with zero attached hydrogens (tertiary/aromatic N) is 1. The highest BCUT2D eigenvalue weighted by molar-refractivity contribution is 6.17. The summed E-state index contributed by atoms with van der Waals surface area (Å²) in [4.78, 5) is 27.7. The summed E-state index contributed by atoms with van der Waals surface area (Å²) in [6.07, 6.45) is 1.08. The summed E-state index contributed by atoms with van der Waals surface area (Å²) in [5, 5.41) is 2.91. The highest BCUT2D eigenvalue weighted by Gasteiger charge is 2.57. The number of benzene rings is 3. The minimum atomic E-state index is -1.02. The molecule has 0 radical (unpaired) electrons. The van der Waals surface area contributed by atoms with Crippen molar-refractivity contribution in [3.05, 3.63) is 84.9 Å². The van der Waals surface area contributed by atoms with Crippen molar-refractivity contribution < 1.29 is 14.3 Å². The summed E-state index contributed by atoms with van der Waals surface area (Å²) in [6, 6.07) is 25.9. The van der Waals surface area contributed by atoms with Crippen molar-refractivity contribution in [2.45, 2.75) is 12.8 Å². The van der Waals surface area contributed by atoms with Gasteiger partial charge in [0.15, 0.2) is 5.75 Å². The van der Waals surface area contributed by atoms with Crippen LogP contribution in [0.2, 0.25) is 0 Å². The molecule has 1 N–H and O–H groups in total. The predicted octanol–water partition coefficient (Wildman–Crippen LogP) is 4.86. The molecule has 0 aliphatic heterocycles. The number of para-hydroxylation sites is 4. The molecule has 1 aliphatic rings. The summed E-state index contributed by atoms with van der Waals surface area (Å²) >= 11 is 0. The van der Waals surface area contributed by atoms with Gasteiger partial charge in [0.2, 0.25) is 11.8 Å². The topological polar surface area (TPSA) is 58.6 Å². The molecule has 5 heteroatoms. The van der Waals surface area contributed by atoms with E-state index in [0.717, 1.165) is 5.69 Å². The van der Waals surface area contributed by atoms with E-state index in [4.69, 9.17) is 4.74 Å². The van der Waals surface area contributed by atoms with E-state index in [1.807, 2.05) is 72.8 Å². The Kier molecular flexibility index (Phi) is 5.04. The molecule has 5 nitrogen and oxygen atoms in total. The molecular weight excluding hydrogens is 364 g/mol. The first-order chi connectivity index (χ1) is 14.1. The second-order valence-corrected chi connectivity index (χ2v) is 7.15. The lowest BCUT2D eigenvalue weighted by Gasteiger charge is -2.23. The fourth-order valence-electron chi connectivity index (χ4n) is 3.27. The van der Waals surface area contributed by atoms with Gasteiger partial charge in [-0.15, -0.1) is 0 Å². The van der Waals surface area contributed by atoms with E-state index in [0.29, 0.717) is 30.0 Å². The number of hydrogen-bond acceptors (Lipinski definition) is 3. The molecule has 0 bridgehead atoms. The van der Waals surface area contributed by atoms with Crippen LogP contribution in [0.25, 0.3) is 0 Å². The molecule has 0 unspecified atom stereocenters. The molecule has 1 saturated carbocycles. The minimum absolute atomic E-state index is 0.192. The predicted molar refractivity (Wildman–Crippen MR) is 113 cm³/mol. The lowest BCUT2D eigenvalue weighted by atomic mass is 10.0. The average molecular weight is 386 g/mol. The molecule has 1 aliphatic carbocycles. The number of carbonyl (C=O) groups is 2. The number of hydrogen-bond donors (Lipinski definition) is 1. The van der Waals surface area contributed by atoms with Gasteiger partial charge in [-0.2, -0.15) is 0 Å². The van der Waals surface area contributed by atoms with E-state index in [2.05, 4.69) is 5.32 Å². The van der Waals surface area contributed by atoms with Crippen LogP contribution in [-0.4, -0.2) is 18.9 Å². The molecule has 0 heterocycles. The largest absolute Gasteiger partial charge is 0.455 e. The van der Waals surface area contributed by atoms with Crippen LogP contribution in [0, 0.1) is 5.41 Å². The van der Waals surface area contributed by atoms with Gasteiger partial charge in [0.1, 0.15) is 11.2 Å². The Bertz CT molecular complexity index is 1010. The molecule has 0 atom stereocenters. The van der Waals surface area contributed by atoms with Gasteiger partial charge in [-0.3, -0.25) is 9.59 Å². The highest BCUT2D eigenvalue weighted by atomic mass is 16.5. The van der Waals surface area contributed by atoms with Crippen molar-refractivity contribution in [3.8, 4) is 11.5 Å². The third-order valence-corrected chi connectivity index (χ3v) is 5.15. The molecule has 1 fully saturated rings. The van der Waals surface area contributed by atoms with Crippen molar-refractivity contribution in [2.75, 3.05) is 17.3 Å². The zero-order valence-corrected chi connectivity index (χ0v) is 16.2. The maximum absolute atomic E-state index is 13.1. The highest BCUT2D eigenvalue weighted by Crippen LogP contribution is 2.49. The third kappa shape index (κ3) is 3.85. The van der Waals surface area contributed by atoms with E-state index in [9.17, 15) is 9.59 Å². The van der Waals surface area contributed by atoms with Crippen molar-refractivity contribution in [1.82, 2.24) is 0 Å². The van der Waals surface area contributed by atoms with Crippen LogP contribution in [0.4, 0.5) is 11.4 Å². The number of carbonyl (C=O) groups excluding carboxylic acids is 2. The Morgan fingerprint density at radius 3 is 2.10 bits per heavy atom. The lowest BCUT2D eigenvalue weighted by Crippen LogP contribution is -2.41. The molecule has 3 aromatic carbocycles. The van der Waals surface area contributed by atoms with Crippen molar-refractivity contribution in [1.29, 1.82) is 0 Å². The first-order valence-electron chi connectivity index (χ1n) is 9.57. The average Bonchev–Trinajstić information content (AvgIpc) is 3.58. The van der Waals surface area contributed by atoms with E-state index < -0.39 is 5.41 Å². The van der Waals surface area contributed by atoms with Crippen molar-refractivity contribution in [2.24, 2.45) is 5.41 Å². The molecule has 3 aromatic rings. The molecule has 146 valence electrons. The number of anilines is 2. The maximum Gasteiger partial charge on any atom is 0.242 e. The van der Waals surface area contributed by atoms with Crippen molar-refractivity contribution in [3.63, 3.8) is 0 Å². The third-order valence-electron chi connectivity index (χ3n) is 5.15. The van der Waals surface area contributed by atoms with Gasteiger partial charge >= 0.3 is 0 Å². The van der Waals surface area contributed by atoms with Crippen LogP contribution in [0.1, 0.15) is 12.8 Å². The van der Waals surface area contributed by atoms with Crippen LogP contribution in [0.5, 0.6) is 11.5 Å². The lowest BCUT2D eigenvalue weighted by molar-refractivity contribution is -0.132. The summed E-state index contributed by atoms with van der Waals surface area (Å²) in [7, 11) is 1.71. The summed E-state index contributed by atoms with van der Waals surface area (Å²) in [5.74, 6) is 0.721. The van der Waals surface area contributed by atoms with Crippen LogP contribution >= 0.6 is 0 Å². The second kappa shape index (κ2) is 7.80. The second-order valence-electron chi connectivity index (χ2n) is 7.15.